The molecule has 0 atom stereocenters. The third-order valence-corrected chi connectivity index (χ3v) is 9.56. The predicted molar refractivity (Wildman–Crippen MR) is 212 cm³/mol. The van der Waals surface area contributed by atoms with Gasteiger partial charge in [-0.2, -0.15) is 0 Å². The van der Waals surface area contributed by atoms with Crippen LogP contribution in [0.25, 0.3) is 44.2 Å². The molecule has 0 saturated carbocycles. The minimum Gasteiger partial charge on any atom is -0.309 e. The van der Waals surface area contributed by atoms with Crippen LogP contribution in [0.1, 0.15) is 52.7 Å². The molecule has 7 rings (SSSR count). The molecule has 0 bridgehead atoms. The lowest BCUT2D eigenvalue weighted by Crippen LogP contribution is -2.19. The van der Waals surface area contributed by atoms with E-state index in [9.17, 15) is 0 Å². The van der Waals surface area contributed by atoms with Crippen LogP contribution in [-0.4, -0.2) is 0 Å². The fraction of sp³-hybridized carbons (Fsp3) is 0.167. The third kappa shape index (κ3) is 6.42. The van der Waals surface area contributed by atoms with Gasteiger partial charge in [0.05, 0.1) is 11.4 Å². The molecule has 7 aromatic carbocycles. The Morgan fingerprint density at radius 2 is 0.796 bits per heavy atom. The lowest BCUT2D eigenvalue weighted by Gasteiger charge is -2.33. The van der Waals surface area contributed by atoms with Gasteiger partial charge in [0, 0.05) is 16.8 Å². The van der Waals surface area contributed by atoms with Gasteiger partial charge in [-0.25, -0.2) is 0 Å². The van der Waals surface area contributed by atoms with E-state index in [-0.39, 0.29) is 10.8 Å². The van der Waals surface area contributed by atoms with Crippen molar-refractivity contribution in [2.45, 2.75) is 52.4 Å². The van der Waals surface area contributed by atoms with Crippen LogP contribution < -0.4 is 4.90 Å². The zero-order chi connectivity index (χ0) is 34.2. The van der Waals surface area contributed by atoms with E-state index in [0.29, 0.717) is 0 Å². The molecule has 1 nitrogen and oxygen atoms in total. The highest BCUT2D eigenvalue weighted by atomic mass is 15.1. The number of rotatable bonds is 6. The Balaban J connectivity index is 1.57. The monoisotopic (exact) mass is 635 g/mol. The summed E-state index contributed by atoms with van der Waals surface area (Å²) in [6.07, 6.45) is 0. The molecule has 0 fully saturated rings. The lowest BCUT2D eigenvalue weighted by atomic mass is 9.80. The maximum Gasteiger partial charge on any atom is 0.0540 e. The van der Waals surface area contributed by atoms with Gasteiger partial charge in [0.2, 0.25) is 0 Å². The summed E-state index contributed by atoms with van der Waals surface area (Å²) < 4.78 is 0. The summed E-state index contributed by atoms with van der Waals surface area (Å²) in [4.78, 5) is 2.51. The molecule has 0 unspecified atom stereocenters. The highest BCUT2D eigenvalue weighted by Crippen LogP contribution is 2.48. The molecule has 0 aliphatic rings. The third-order valence-electron chi connectivity index (χ3n) is 9.56. The maximum atomic E-state index is 2.51. The van der Waals surface area contributed by atoms with E-state index < -0.39 is 0 Å². The van der Waals surface area contributed by atoms with Gasteiger partial charge in [-0.3, -0.25) is 0 Å². The van der Waals surface area contributed by atoms with Crippen molar-refractivity contribution in [3.63, 3.8) is 0 Å². The number of anilines is 3. The van der Waals surface area contributed by atoms with Crippen molar-refractivity contribution in [1.29, 1.82) is 0 Å². The molecule has 0 aliphatic heterocycles. The zero-order valence-electron chi connectivity index (χ0n) is 29.5. The van der Waals surface area contributed by atoms with Crippen LogP contribution in [0.5, 0.6) is 0 Å². The Kier molecular flexibility index (Phi) is 8.47. The second kappa shape index (κ2) is 12.9. The van der Waals surface area contributed by atoms with Gasteiger partial charge in [0.15, 0.2) is 0 Å². The van der Waals surface area contributed by atoms with Gasteiger partial charge in [0.25, 0.3) is 0 Å². The van der Waals surface area contributed by atoms with E-state index in [0.717, 1.165) is 17.1 Å². The Morgan fingerprint density at radius 1 is 0.367 bits per heavy atom. The van der Waals surface area contributed by atoms with Crippen molar-refractivity contribution in [2.75, 3.05) is 4.90 Å². The first-order valence-electron chi connectivity index (χ1n) is 17.4. The summed E-state index contributed by atoms with van der Waals surface area (Å²) in [6, 6.07) is 60.0. The largest absolute Gasteiger partial charge is 0.309 e. The number of hydrogen-bond acceptors (Lipinski definition) is 1. The van der Waals surface area contributed by atoms with Gasteiger partial charge < -0.3 is 4.90 Å². The molecular weight excluding hydrogens is 591 g/mol. The van der Waals surface area contributed by atoms with Crippen molar-refractivity contribution in [2.24, 2.45) is 0 Å². The second-order valence-corrected chi connectivity index (χ2v) is 15.1. The number of para-hydroxylation sites is 2. The minimum absolute atomic E-state index is 0.0274. The zero-order valence-corrected chi connectivity index (χ0v) is 29.5. The van der Waals surface area contributed by atoms with Crippen LogP contribution in [0.4, 0.5) is 17.1 Å². The van der Waals surface area contributed by atoms with E-state index in [4.69, 9.17) is 0 Å². The molecule has 0 aliphatic carbocycles. The SMILES string of the molecule is CC(C)(C)c1cc(N(c2ccccc2-c2ccccc2)c2ccccc2-c2cccc3cccc(-c4ccccc4)c23)cc(C(C)(C)C)c1. The molecule has 0 heterocycles. The molecule has 1 heteroatoms. The van der Waals surface area contributed by atoms with E-state index in [1.54, 1.807) is 0 Å². The van der Waals surface area contributed by atoms with Crippen molar-refractivity contribution in [3.8, 4) is 33.4 Å². The van der Waals surface area contributed by atoms with Gasteiger partial charge >= 0.3 is 0 Å². The number of benzene rings is 7. The quantitative estimate of drug-likeness (QED) is 0.176. The molecule has 0 N–H and O–H groups in total. The molecular formula is C48H45N. The Hall–Kier alpha value is -5.40. The van der Waals surface area contributed by atoms with Crippen molar-refractivity contribution >= 4 is 27.8 Å². The van der Waals surface area contributed by atoms with Crippen LogP contribution in [0.2, 0.25) is 0 Å². The molecule has 0 aromatic heterocycles. The lowest BCUT2D eigenvalue weighted by molar-refractivity contribution is 0.569. The normalized spacial score (nSPS) is 11.9. The summed E-state index contributed by atoms with van der Waals surface area (Å²) in [5, 5.41) is 2.49. The average Bonchev–Trinajstić information content (AvgIpc) is 3.11. The number of fused-ring (bicyclic) bond motifs is 1. The summed E-state index contributed by atoms with van der Waals surface area (Å²) in [6.45, 7) is 13.9. The Labute approximate surface area is 292 Å². The average molecular weight is 636 g/mol. The van der Waals surface area contributed by atoms with Crippen molar-refractivity contribution < 1.29 is 0 Å². The van der Waals surface area contributed by atoms with Crippen LogP contribution in [0, 0.1) is 0 Å². The molecule has 0 saturated heterocycles. The molecule has 0 radical (unpaired) electrons. The van der Waals surface area contributed by atoms with Gasteiger partial charge in [0.1, 0.15) is 0 Å². The minimum atomic E-state index is -0.0274. The van der Waals surface area contributed by atoms with E-state index in [1.165, 1.54) is 55.3 Å². The van der Waals surface area contributed by atoms with Gasteiger partial charge in [-0.15, -0.1) is 0 Å². The Morgan fingerprint density at radius 3 is 1.35 bits per heavy atom. The number of nitrogens with zero attached hydrogens (tertiary/aromatic N) is 1. The number of hydrogen-bond donors (Lipinski definition) is 0. The fourth-order valence-corrected chi connectivity index (χ4v) is 6.86. The van der Waals surface area contributed by atoms with Crippen LogP contribution in [0.3, 0.4) is 0 Å². The first kappa shape index (κ1) is 32.2. The first-order chi connectivity index (χ1) is 23.6. The van der Waals surface area contributed by atoms with E-state index in [2.05, 4.69) is 210 Å². The standard InChI is InChI=1S/C48H45N/c1-47(2,3)37-31-38(48(4,5)6)33-39(32-37)49(44-29-15-13-25-40(44)34-19-9-7-10-20-34)45-30-16-14-26-42(45)43-28-18-24-36-23-17-27-41(46(36)43)35-21-11-8-12-22-35/h7-33H,1-6H3. The topological polar surface area (TPSA) is 3.24 Å². The van der Waals surface area contributed by atoms with Crippen LogP contribution in [0.15, 0.2) is 164 Å². The van der Waals surface area contributed by atoms with Crippen molar-refractivity contribution in [3.05, 3.63) is 175 Å². The molecule has 242 valence electrons. The first-order valence-corrected chi connectivity index (χ1v) is 17.4. The van der Waals surface area contributed by atoms with Gasteiger partial charge in [-0.05, 0) is 79.2 Å². The van der Waals surface area contributed by atoms with Crippen LogP contribution in [-0.2, 0) is 10.8 Å². The summed E-state index contributed by atoms with van der Waals surface area (Å²) in [5.74, 6) is 0. The molecule has 0 amide bonds. The van der Waals surface area contributed by atoms with E-state index in [1.807, 2.05) is 0 Å². The summed E-state index contributed by atoms with van der Waals surface area (Å²) in [5.41, 5.74) is 13.3. The van der Waals surface area contributed by atoms with Gasteiger partial charge in [-0.1, -0.05) is 181 Å². The predicted octanol–water partition coefficient (Wildman–Crippen LogP) is 13.9. The maximum absolute atomic E-state index is 2.51. The smallest absolute Gasteiger partial charge is 0.0540 e. The molecule has 49 heavy (non-hydrogen) atoms. The van der Waals surface area contributed by atoms with E-state index >= 15 is 0 Å². The summed E-state index contributed by atoms with van der Waals surface area (Å²) in [7, 11) is 0. The Bertz CT molecular complexity index is 2190. The molecule has 0 spiro atoms. The molecule has 7 aromatic rings. The summed E-state index contributed by atoms with van der Waals surface area (Å²) >= 11 is 0. The highest BCUT2D eigenvalue weighted by molar-refractivity contribution is 6.09. The highest BCUT2D eigenvalue weighted by Gasteiger charge is 2.26. The van der Waals surface area contributed by atoms with Crippen LogP contribution >= 0.6 is 0 Å². The fourth-order valence-electron chi connectivity index (χ4n) is 6.86. The van der Waals surface area contributed by atoms with Crippen molar-refractivity contribution in [1.82, 2.24) is 0 Å². The second-order valence-electron chi connectivity index (χ2n) is 15.1.